The van der Waals surface area contributed by atoms with Crippen molar-refractivity contribution in [3.8, 4) is 0 Å². The van der Waals surface area contributed by atoms with E-state index in [-0.39, 0.29) is 6.61 Å². The average molecular weight is 991 g/mol. The first-order valence-electron chi connectivity index (χ1n) is 29.5. The molecule has 1 aliphatic heterocycles. The number of allylic oxidation sites excluding steroid dienone is 7. The van der Waals surface area contributed by atoms with Gasteiger partial charge in [-0.3, -0.25) is 4.79 Å². The molecule has 1 aliphatic rings. The number of rotatable bonds is 50. The molecule has 1 rings (SSSR count). The van der Waals surface area contributed by atoms with Gasteiger partial charge in [0.1, 0.15) is 30.5 Å². The summed E-state index contributed by atoms with van der Waals surface area (Å²) >= 11 is 0. The molecule has 0 aromatic rings. The van der Waals surface area contributed by atoms with Gasteiger partial charge in [-0.05, 0) is 64.2 Å². The van der Waals surface area contributed by atoms with Crippen LogP contribution in [-0.2, 0) is 14.3 Å². The molecule has 1 saturated heterocycles. The fourth-order valence-corrected chi connectivity index (χ4v) is 9.21. The van der Waals surface area contributed by atoms with Crippen LogP contribution in [0.1, 0.15) is 264 Å². The van der Waals surface area contributed by atoms with Crippen LogP contribution in [0.5, 0.6) is 0 Å². The van der Waals surface area contributed by atoms with Crippen LogP contribution in [0, 0.1) is 0 Å². The molecule has 8 atom stereocenters. The minimum Gasteiger partial charge on any atom is -0.394 e. The zero-order valence-corrected chi connectivity index (χ0v) is 45.1. The van der Waals surface area contributed by atoms with E-state index in [0.29, 0.717) is 19.3 Å². The van der Waals surface area contributed by atoms with Gasteiger partial charge in [0.25, 0.3) is 0 Å². The lowest BCUT2D eigenvalue weighted by Gasteiger charge is -2.40. The third-order valence-electron chi connectivity index (χ3n) is 14.0. The van der Waals surface area contributed by atoms with Crippen LogP contribution in [0.4, 0.5) is 0 Å². The maximum atomic E-state index is 13.1. The van der Waals surface area contributed by atoms with E-state index in [1.807, 2.05) is 6.08 Å². The molecule has 10 nitrogen and oxygen atoms in total. The van der Waals surface area contributed by atoms with Gasteiger partial charge in [-0.2, -0.15) is 0 Å². The van der Waals surface area contributed by atoms with Crippen LogP contribution < -0.4 is 5.32 Å². The molecule has 10 heteroatoms. The lowest BCUT2D eigenvalue weighted by atomic mass is 9.99. The lowest BCUT2D eigenvalue weighted by molar-refractivity contribution is -0.302. The predicted molar refractivity (Wildman–Crippen MR) is 292 cm³/mol. The van der Waals surface area contributed by atoms with Crippen LogP contribution in [0.25, 0.3) is 0 Å². The number of aliphatic hydroxyl groups is 6. The molecule has 0 saturated carbocycles. The predicted octanol–water partition coefficient (Wildman–Crippen LogP) is 13.5. The summed E-state index contributed by atoms with van der Waals surface area (Å²) in [5, 5.41) is 65.0. The van der Waals surface area contributed by atoms with Crippen molar-refractivity contribution in [3.05, 3.63) is 48.6 Å². The molecular formula is C60H111NO9. The second-order valence-corrected chi connectivity index (χ2v) is 20.6. The Hall–Kier alpha value is -1.89. The Labute approximate surface area is 429 Å². The van der Waals surface area contributed by atoms with Gasteiger partial charge >= 0.3 is 0 Å². The van der Waals surface area contributed by atoms with Crippen molar-refractivity contribution < 1.29 is 44.9 Å². The number of ether oxygens (including phenoxy) is 2. The summed E-state index contributed by atoms with van der Waals surface area (Å²) in [4.78, 5) is 13.1. The Balaban J connectivity index is 2.22. The molecule has 1 heterocycles. The van der Waals surface area contributed by atoms with Gasteiger partial charge in [-0.15, -0.1) is 0 Å². The van der Waals surface area contributed by atoms with Crippen LogP contribution in [-0.4, -0.2) is 98.7 Å². The van der Waals surface area contributed by atoms with Gasteiger partial charge in [0.2, 0.25) is 5.91 Å². The molecule has 0 bridgehead atoms. The van der Waals surface area contributed by atoms with E-state index in [1.54, 1.807) is 6.08 Å². The molecule has 1 fully saturated rings. The van der Waals surface area contributed by atoms with Gasteiger partial charge in [0, 0.05) is 0 Å². The van der Waals surface area contributed by atoms with Crippen LogP contribution >= 0.6 is 0 Å². The summed E-state index contributed by atoms with van der Waals surface area (Å²) < 4.78 is 11.2. The second-order valence-electron chi connectivity index (χ2n) is 20.6. The minimum absolute atomic E-state index is 0.303. The number of carbonyl (C=O) groups excluding carboxylic acids is 1. The van der Waals surface area contributed by atoms with Crippen molar-refractivity contribution in [1.29, 1.82) is 0 Å². The first-order valence-corrected chi connectivity index (χ1v) is 29.5. The maximum Gasteiger partial charge on any atom is 0.249 e. The molecule has 410 valence electrons. The smallest absolute Gasteiger partial charge is 0.249 e. The number of hydrogen-bond donors (Lipinski definition) is 7. The number of unbranched alkanes of at least 4 members (excludes halogenated alkanes) is 33. The zero-order valence-electron chi connectivity index (χ0n) is 45.1. The Kier molecular flexibility index (Phi) is 46.6. The van der Waals surface area contributed by atoms with Crippen LogP contribution in [0.15, 0.2) is 48.6 Å². The number of hydrogen-bond acceptors (Lipinski definition) is 9. The maximum absolute atomic E-state index is 13.1. The fraction of sp³-hybridized carbons (Fsp3) is 0.850. The van der Waals surface area contributed by atoms with Gasteiger partial charge in [0.05, 0.1) is 25.4 Å². The summed E-state index contributed by atoms with van der Waals surface area (Å²) in [6.45, 7) is 3.61. The molecule has 0 aromatic carbocycles. The molecule has 0 spiro atoms. The van der Waals surface area contributed by atoms with Crippen molar-refractivity contribution in [1.82, 2.24) is 5.32 Å². The molecule has 8 unspecified atom stereocenters. The Morgan fingerprint density at radius 3 is 1.33 bits per heavy atom. The largest absolute Gasteiger partial charge is 0.394 e. The Morgan fingerprint density at radius 2 is 0.886 bits per heavy atom. The Bertz CT molecular complexity index is 1260. The first-order chi connectivity index (χ1) is 34.3. The summed E-state index contributed by atoms with van der Waals surface area (Å²) in [5.41, 5.74) is 0. The van der Waals surface area contributed by atoms with E-state index in [9.17, 15) is 35.4 Å². The highest BCUT2D eigenvalue weighted by Crippen LogP contribution is 2.23. The third-order valence-corrected chi connectivity index (χ3v) is 14.0. The highest BCUT2D eigenvalue weighted by atomic mass is 16.7. The van der Waals surface area contributed by atoms with Crippen molar-refractivity contribution in [2.24, 2.45) is 0 Å². The summed E-state index contributed by atoms with van der Waals surface area (Å²) in [7, 11) is 0. The fourth-order valence-electron chi connectivity index (χ4n) is 9.21. The molecular weight excluding hydrogens is 879 g/mol. The van der Waals surface area contributed by atoms with Gasteiger partial charge < -0.3 is 45.4 Å². The first kappa shape index (κ1) is 66.1. The molecule has 0 aromatic heterocycles. The van der Waals surface area contributed by atoms with Gasteiger partial charge in [0.15, 0.2) is 6.29 Å². The van der Waals surface area contributed by atoms with E-state index >= 15 is 0 Å². The third kappa shape index (κ3) is 37.8. The SMILES string of the molecule is CCCCCCCCCCC/C=C\C/C=C\CCCCCCCCCCCCCCCCC(O)C(=O)NC(COC1OC(CO)C(O)C(O)C1O)C(O)/C=C/CC/C=C/CCCCCCCCCCC. The number of carbonyl (C=O) groups is 1. The molecule has 70 heavy (non-hydrogen) atoms. The lowest BCUT2D eigenvalue weighted by Crippen LogP contribution is -2.60. The average Bonchev–Trinajstić information content (AvgIpc) is 3.36. The second kappa shape index (κ2) is 49.3. The van der Waals surface area contributed by atoms with E-state index in [2.05, 4.69) is 55.6 Å². The molecule has 7 N–H and O–H groups in total. The quantitative estimate of drug-likeness (QED) is 0.0232. The van der Waals surface area contributed by atoms with E-state index in [4.69, 9.17) is 9.47 Å². The normalized spacial score (nSPS) is 20.1. The standard InChI is InChI=1S/C60H111NO9/c1-3-5-7-9-11-13-15-17-19-20-21-22-23-24-25-26-27-28-29-30-31-32-33-35-37-39-41-43-45-47-49-54(64)59(68)61-52(51-69-60-58(67)57(66)56(65)55(50-62)70-60)53(63)48-46-44-42-40-38-36-34-18-16-14-12-10-8-6-4-2/h21-22,24-25,38,40,46,48,52-58,60,62-67H,3-20,23,26-37,39,41-45,47,49-51H2,1-2H3,(H,61,68)/b22-21-,25-24-,40-38+,48-46+. The van der Waals surface area contributed by atoms with E-state index < -0.39 is 61.5 Å². The van der Waals surface area contributed by atoms with Crippen molar-refractivity contribution in [2.75, 3.05) is 13.2 Å². The number of amides is 1. The zero-order chi connectivity index (χ0) is 51.0. The minimum atomic E-state index is -1.62. The summed E-state index contributed by atoms with van der Waals surface area (Å²) in [5.74, 6) is -0.625. The number of nitrogens with one attached hydrogen (secondary N) is 1. The molecule has 0 aliphatic carbocycles. The highest BCUT2D eigenvalue weighted by Gasteiger charge is 2.44. The van der Waals surface area contributed by atoms with Crippen molar-refractivity contribution >= 4 is 5.91 Å². The highest BCUT2D eigenvalue weighted by molar-refractivity contribution is 5.80. The Morgan fingerprint density at radius 1 is 0.500 bits per heavy atom. The van der Waals surface area contributed by atoms with E-state index in [0.717, 1.165) is 38.5 Å². The number of aliphatic hydroxyl groups excluding tert-OH is 6. The topological polar surface area (TPSA) is 169 Å². The van der Waals surface area contributed by atoms with Crippen LogP contribution in [0.3, 0.4) is 0 Å². The van der Waals surface area contributed by atoms with E-state index in [1.165, 1.54) is 193 Å². The monoisotopic (exact) mass is 990 g/mol. The molecule has 1 amide bonds. The van der Waals surface area contributed by atoms with Crippen LogP contribution in [0.2, 0.25) is 0 Å². The summed E-state index contributed by atoms with van der Waals surface area (Å²) in [6.07, 6.45) is 55.1. The van der Waals surface area contributed by atoms with Crippen molar-refractivity contribution in [2.45, 2.75) is 313 Å². The van der Waals surface area contributed by atoms with Gasteiger partial charge in [-0.25, -0.2) is 0 Å². The van der Waals surface area contributed by atoms with Crippen molar-refractivity contribution in [3.63, 3.8) is 0 Å². The summed E-state index contributed by atoms with van der Waals surface area (Å²) in [6, 6.07) is -0.998. The molecule has 0 radical (unpaired) electrons. The van der Waals surface area contributed by atoms with Gasteiger partial charge in [-0.1, -0.05) is 249 Å².